The van der Waals surface area contributed by atoms with Gasteiger partial charge in [0.1, 0.15) is 0 Å². The van der Waals surface area contributed by atoms with Crippen LogP contribution < -0.4 is 4.90 Å². The van der Waals surface area contributed by atoms with Crippen molar-refractivity contribution in [3.63, 3.8) is 0 Å². The van der Waals surface area contributed by atoms with E-state index in [-0.39, 0.29) is 16.2 Å². The van der Waals surface area contributed by atoms with Gasteiger partial charge in [-0.05, 0) is 103 Å². The van der Waals surface area contributed by atoms with Crippen LogP contribution in [0.5, 0.6) is 0 Å². The SMILES string of the molecule is CC(C)(C)c1cccc(C=Cc2ccc(N(c3ccc(C=Cc4cccc(C(C)(C)C)c4)cc3)c3ccc(C=Cc4cccc(C(C)(C)C)c4)cc3)cc2)c1. The van der Waals surface area contributed by atoms with Gasteiger partial charge in [-0.1, -0.05) is 208 Å². The van der Waals surface area contributed by atoms with E-state index < -0.39 is 0 Å². The molecular weight excluding hydrogens is 663 g/mol. The molecule has 1 nitrogen and oxygen atoms in total. The molecule has 0 aliphatic rings. The van der Waals surface area contributed by atoms with E-state index >= 15 is 0 Å². The average Bonchev–Trinajstić information content (AvgIpc) is 3.16. The fraction of sp³-hybridized carbons (Fsp3) is 0.222. The minimum Gasteiger partial charge on any atom is -0.311 e. The molecule has 0 aliphatic heterocycles. The normalized spacial score (nSPS) is 12.6. The van der Waals surface area contributed by atoms with Crippen LogP contribution in [0.2, 0.25) is 0 Å². The first-order valence-corrected chi connectivity index (χ1v) is 19.6. The molecule has 278 valence electrons. The lowest BCUT2D eigenvalue weighted by molar-refractivity contribution is 0.590. The lowest BCUT2D eigenvalue weighted by atomic mass is 9.86. The summed E-state index contributed by atoms with van der Waals surface area (Å²) in [4.78, 5) is 2.33. The van der Waals surface area contributed by atoms with Gasteiger partial charge in [0.05, 0.1) is 0 Å². The maximum atomic E-state index is 2.33. The van der Waals surface area contributed by atoms with Crippen LogP contribution in [0, 0.1) is 0 Å². The van der Waals surface area contributed by atoms with Crippen molar-refractivity contribution in [2.24, 2.45) is 0 Å². The fourth-order valence-corrected chi connectivity index (χ4v) is 6.55. The van der Waals surface area contributed by atoms with E-state index in [1.54, 1.807) is 0 Å². The average molecular weight is 720 g/mol. The highest BCUT2D eigenvalue weighted by molar-refractivity contribution is 5.80. The van der Waals surface area contributed by atoms with Crippen molar-refractivity contribution in [1.29, 1.82) is 0 Å². The van der Waals surface area contributed by atoms with Crippen LogP contribution in [0.1, 0.15) is 112 Å². The maximum Gasteiger partial charge on any atom is 0.0462 e. The summed E-state index contributed by atoms with van der Waals surface area (Å²) in [7, 11) is 0. The predicted octanol–water partition coefficient (Wildman–Crippen LogP) is 15.6. The highest BCUT2D eigenvalue weighted by Crippen LogP contribution is 2.36. The quantitative estimate of drug-likeness (QED) is 0.135. The third kappa shape index (κ3) is 10.5. The molecular formula is C54H57N. The highest BCUT2D eigenvalue weighted by atomic mass is 15.1. The van der Waals surface area contributed by atoms with Gasteiger partial charge in [0.25, 0.3) is 0 Å². The van der Waals surface area contributed by atoms with Gasteiger partial charge in [0.15, 0.2) is 0 Å². The second-order valence-electron chi connectivity index (χ2n) is 17.7. The Labute approximate surface area is 331 Å². The summed E-state index contributed by atoms with van der Waals surface area (Å²) in [5, 5.41) is 0. The van der Waals surface area contributed by atoms with Crippen molar-refractivity contribution in [2.45, 2.75) is 78.6 Å². The van der Waals surface area contributed by atoms with E-state index in [2.05, 4.69) is 249 Å². The molecule has 0 bridgehead atoms. The van der Waals surface area contributed by atoms with Crippen molar-refractivity contribution in [1.82, 2.24) is 0 Å². The van der Waals surface area contributed by atoms with E-state index in [0.717, 1.165) is 33.8 Å². The molecule has 0 saturated carbocycles. The first-order valence-electron chi connectivity index (χ1n) is 19.6. The molecule has 0 fully saturated rings. The molecule has 0 unspecified atom stereocenters. The molecule has 0 aromatic heterocycles. The summed E-state index contributed by atoms with van der Waals surface area (Å²) >= 11 is 0. The molecule has 0 N–H and O–H groups in total. The Morgan fingerprint density at radius 2 is 0.527 bits per heavy atom. The maximum absolute atomic E-state index is 2.33. The molecule has 0 atom stereocenters. The molecule has 55 heavy (non-hydrogen) atoms. The van der Waals surface area contributed by atoms with Gasteiger partial charge in [-0.25, -0.2) is 0 Å². The molecule has 0 spiro atoms. The molecule has 6 aromatic carbocycles. The van der Waals surface area contributed by atoms with Crippen LogP contribution in [-0.2, 0) is 16.2 Å². The molecule has 0 heterocycles. The predicted molar refractivity (Wildman–Crippen MR) is 243 cm³/mol. The van der Waals surface area contributed by atoms with E-state index in [1.165, 1.54) is 33.4 Å². The summed E-state index contributed by atoms with van der Waals surface area (Å²) in [6, 6.07) is 53.0. The van der Waals surface area contributed by atoms with Crippen LogP contribution in [0.15, 0.2) is 146 Å². The van der Waals surface area contributed by atoms with Crippen molar-refractivity contribution in [3.8, 4) is 0 Å². The minimum absolute atomic E-state index is 0.119. The number of hydrogen-bond donors (Lipinski definition) is 0. The standard InChI is InChI=1S/C54H57N/c1-52(2,3)46-16-10-13-43(37-46)22-19-40-25-31-49(32-26-40)55(50-33-27-41(28-34-50)20-23-44-14-11-17-47(38-44)53(4,5)6)51-35-29-42(30-36-51)21-24-45-15-12-18-48(39-45)54(7,8)9/h10-39H,1-9H3. The zero-order valence-corrected chi connectivity index (χ0v) is 34.3. The third-order valence-electron chi connectivity index (χ3n) is 10.1. The molecule has 6 aromatic rings. The summed E-state index contributed by atoms with van der Waals surface area (Å²) in [6.45, 7) is 20.3. The first kappa shape index (κ1) is 39.0. The number of nitrogens with zero attached hydrogens (tertiary/aromatic N) is 1. The lowest BCUT2D eigenvalue weighted by Crippen LogP contribution is -2.10. The van der Waals surface area contributed by atoms with Gasteiger partial charge in [-0.3, -0.25) is 0 Å². The zero-order valence-electron chi connectivity index (χ0n) is 34.3. The molecule has 0 aliphatic carbocycles. The van der Waals surface area contributed by atoms with E-state index in [0.29, 0.717) is 0 Å². The topological polar surface area (TPSA) is 3.24 Å². The van der Waals surface area contributed by atoms with Gasteiger partial charge in [0, 0.05) is 17.1 Å². The largest absolute Gasteiger partial charge is 0.311 e. The number of hydrogen-bond acceptors (Lipinski definition) is 1. The van der Waals surface area contributed by atoms with Crippen LogP contribution in [-0.4, -0.2) is 0 Å². The van der Waals surface area contributed by atoms with Gasteiger partial charge >= 0.3 is 0 Å². The van der Waals surface area contributed by atoms with Crippen molar-refractivity contribution < 1.29 is 0 Å². The molecule has 0 radical (unpaired) electrons. The minimum atomic E-state index is 0.119. The van der Waals surface area contributed by atoms with Crippen molar-refractivity contribution in [3.05, 3.63) is 196 Å². The smallest absolute Gasteiger partial charge is 0.0462 e. The summed E-state index contributed by atoms with van der Waals surface area (Å²) in [5.74, 6) is 0. The van der Waals surface area contributed by atoms with E-state index in [9.17, 15) is 0 Å². The van der Waals surface area contributed by atoms with E-state index in [4.69, 9.17) is 0 Å². The van der Waals surface area contributed by atoms with Crippen LogP contribution in [0.3, 0.4) is 0 Å². The van der Waals surface area contributed by atoms with Crippen LogP contribution in [0.25, 0.3) is 36.5 Å². The summed E-state index contributed by atoms with van der Waals surface area (Å²) in [6.07, 6.45) is 13.2. The Kier molecular flexibility index (Phi) is 11.6. The number of anilines is 3. The summed E-state index contributed by atoms with van der Waals surface area (Å²) < 4.78 is 0. The van der Waals surface area contributed by atoms with Gasteiger partial charge in [-0.15, -0.1) is 0 Å². The summed E-state index contributed by atoms with van der Waals surface area (Å²) in [5.41, 5.74) is 14.8. The molecule has 0 amide bonds. The third-order valence-corrected chi connectivity index (χ3v) is 10.1. The van der Waals surface area contributed by atoms with Gasteiger partial charge < -0.3 is 4.90 Å². The Hall–Kier alpha value is -5.66. The highest BCUT2D eigenvalue weighted by Gasteiger charge is 2.16. The van der Waals surface area contributed by atoms with Gasteiger partial charge in [-0.2, -0.15) is 0 Å². The van der Waals surface area contributed by atoms with Crippen molar-refractivity contribution >= 4 is 53.5 Å². The Morgan fingerprint density at radius 3 is 0.764 bits per heavy atom. The Morgan fingerprint density at radius 1 is 0.291 bits per heavy atom. The first-order chi connectivity index (χ1) is 26.1. The van der Waals surface area contributed by atoms with Crippen LogP contribution >= 0.6 is 0 Å². The lowest BCUT2D eigenvalue weighted by Gasteiger charge is -2.26. The van der Waals surface area contributed by atoms with Crippen molar-refractivity contribution in [2.75, 3.05) is 4.90 Å². The zero-order chi connectivity index (χ0) is 39.2. The molecule has 6 rings (SSSR count). The number of rotatable bonds is 9. The molecule has 0 saturated heterocycles. The fourth-order valence-electron chi connectivity index (χ4n) is 6.55. The Balaban J connectivity index is 1.27. The Bertz CT molecular complexity index is 2010. The van der Waals surface area contributed by atoms with Crippen LogP contribution in [0.4, 0.5) is 17.1 Å². The molecule has 1 heteroatoms. The van der Waals surface area contributed by atoms with E-state index in [1.807, 2.05) is 0 Å². The monoisotopic (exact) mass is 719 g/mol. The second-order valence-corrected chi connectivity index (χ2v) is 17.7. The number of benzene rings is 6. The second kappa shape index (κ2) is 16.4. The van der Waals surface area contributed by atoms with Gasteiger partial charge in [0.2, 0.25) is 0 Å².